The first kappa shape index (κ1) is 15.0. The van der Waals surface area contributed by atoms with E-state index in [9.17, 15) is 4.79 Å². The Morgan fingerprint density at radius 2 is 2.20 bits per heavy atom. The molecule has 1 aromatic rings. The Kier molecular flexibility index (Phi) is 5.56. The number of nitrogens with zero attached hydrogens (tertiary/aromatic N) is 1. The Morgan fingerprint density at radius 3 is 2.90 bits per heavy atom. The van der Waals surface area contributed by atoms with Crippen LogP contribution in [0.2, 0.25) is 0 Å². The average Bonchev–Trinajstić information content (AvgIpc) is 2.48. The average molecular weight is 275 g/mol. The van der Waals surface area contributed by atoms with Gasteiger partial charge in [-0.2, -0.15) is 0 Å². The van der Waals surface area contributed by atoms with Crippen molar-refractivity contribution >= 4 is 5.91 Å². The van der Waals surface area contributed by atoms with Gasteiger partial charge in [0.15, 0.2) is 0 Å². The summed E-state index contributed by atoms with van der Waals surface area (Å²) in [7, 11) is 0. The third kappa shape index (κ3) is 4.32. The van der Waals surface area contributed by atoms with Crippen LogP contribution in [0.3, 0.4) is 0 Å². The van der Waals surface area contributed by atoms with Crippen molar-refractivity contribution in [3.8, 4) is 0 Å². The molecule has 4 heteroatoms. The fourth-order valence-electron chi connectivity index (χ4n) is 2.52. The van der Waals surface area contributed by atoms with E-state index in [0.717, 1.165) is 19.6 Å². The lowest BCUT2D eigenvalue weighted by molar-refractivity contribution is -0.123. The van der Waals surface area contributed by atoms with Gasteiger partial charge in [-0.05, 0) is 18.4 Å². The molecule has 1 aliphatic rings. The number of carbonyl (C=O) groups is 1. The number of nitrogens with one attached hydrogen (secondary N) is 2. The molecule has 0 aliphatic carbocycles. The molecule has 1 fully saturated rings. The first-order valence-electron chi connectivity index (χ1n) is 7.43. The molecule has 2 rings (SSSR count). The number of hydrogen-bond donors (Lipinski definition) is 2. The van der Waals surface area contributed by atoms with Gasteiger partial charge in [-0.15, -0.1) is 0 Å². The van der Waals surface area contributed by atoms with E-state index >= 15 is 0 Å². The molecule has 1 aromatic carbocycles. The van der Waals surface area contributed by atoms with Gasteiger partial charge < -0.3 is 10.6 Å². The summed E-state index contributed by atoms with van der Waals surface area (Å²) in [5, 5.41) is 6.38. The highest BCUT2D eigenvalue weighted by Crippen LogP contribution is 2.13. The minimum absolute atomic E-state index is 0.126. The molecule has 0 bridgehead atoms. The monoisotopic (exact) mass is 275 g/mol. The first-order chi connectivity index (χ1) is 9.66. The smallest absolute Gasteiger partial charge is 0.234 e. The molecule has 0 radical (unpaired) electrons. The Hall–Kier alpha value is -1.39. The summed E-state index contributed by atoms with van der Waals surface area (Å²) in [6, 6.07) is 10.7. The van der Waals surface area contributed by atoms with Gasteiger partial charge in [0.05, 0.1) is 6.54 Å². The van der Waals surface area contributed by atoms with E-state index < -0.39 is 0 Å². The number of carbonyl (C=O) groups excluding carboxylic acids is 1. The summed E-state index contributed by atoms with van der Waals surface area (Å²) < 4.78 is 0. The standard InChI is InChI=1S/C16H25N3O/c1-13(15-6-4-3-5-7-15)10-18-16(20)12-19-9-8-17-11-14(19)2/h3-7,13-14,17H,8-12H2,1-2H3,(H,18,20). The van der Waals surface area contributed by atoms with Crippen LogP contribution in [0, 0.1) is 0 Å². The predicted molar refractivity (Wildman–Crippen MR) is 81.8 cm³/mol. The molecule has 1 saturated heterocycles. The van der Waals surface area contributed by atoms with Crippen LogP contribution in [-0.2, 0) is 4.79 Å². The fourth-order valence-corrected chi connectivity index (χ4v) is 2.52. The van der Waals surface area contributed by atoms with Crippen molar-refractivity contribution < 1.29 is 4.79 Å². The Balaban J connectivity index is 1.74. The van der Waals surface area contributed by atoms with E-state index in [-0.39, 0.29) is 5.91 Å². The largest absolute Gasteiger partial charge is 0.354 e. The Labute approximate surface area is 121 Å². The molecule has 1 heterocycles. The van der Waals surface area contributed by atoms with Crippen LogP contribution in [0.25, 0.3) is 0 Å². The van der Waals surface area contributed by atoms with Crippen LogP contribution in [0.1, 0.15) is 25.3 Å². The zero-order valence-corrected chi connectivity index (χ0v) is 12.4. The van der Waals surface area contributed by atoms with E-state index in [0.29, 0.717) is 25.0 Å². The highest BCUT2D eigenvalue weighted by Gasteiger charge is 2.20. The van der Waals surface area contributed by atoms with Gasteiger partial charge in [0.25, 0.3) is 0 Å². The first-order valence-corrected chi connectivity index (χ1v) is 7.43. The SMILES string of the molecule is CC(CNC(=O)CN1CCNCC1C)c1ccccc1. The van der Waals surface area contributed by atoms with Crippen molar-refractivity contribution in [2.24, 2.45) is 0 Å². The lowest BCUT2D eigenvalue weighted by Crippen LogP contribution is -2.52. The van der Waals surface area contributed by atoms with E-state index in [1.54, 1.807) is 0 Å². The van der Waals surface area contributed by atoms with Crippen LogP contribution in [0.5, 0.6) is 0 Å². The summed E-state index contributed by atoms with van der Waals surface area (Å²) in [6.07, 6.45) is 0. The quantitative estimate of drug-likeness (QED) is 0.849. The van der Waals surface area contributed by atoms with Crippen molar-refractivity contribution in [2.75, 3.05) is 32.7 Å². The van der Waals surface area contributed by atoms with Crippen LogP contribution in [0.4, 0.5) is 0 Å². The molecule has 4 nitrogen and oxygen atoms in total. The lowest BCUT2D eigenvalue weighted by Gasteiger charge is -2.33. The topological polar surface area (TPSA) is 44.4 Å². The minimum atomic E-state index is 0.126. The van der Waals surface area contributed by atoms with Crippen molar-refractivity contribution in [1.82, 2.24) is 15.5 Å². The van der Waals surface area contributed by atoms with Crippen molar-refractivity contribution in [3.05, 3.63) is 35.9 Å². The second-order valence-electron chi connectivity index (χ2n) is 5.64. The van der Waals surface area contributed by atoms with E-state index in [1.807, 2.05) is 18.2 Å². The van der Waals surface area contributed by atoms with Gasteiger partial charge in [0.1, 0.15) is 0 Å². The van der Waals surface area contributed by atoms with Gasteiger partial charge in [-0.25, -0.2) is 0 Å². The molecular formula is C16H25N3O. The van der Waals surface area contributed by atoms with Crippen molar-refractivity contribution in [3.63, 3.8) is 0 Å². The maximum absolute atomic E-state index is 12.0. The summed E-state index contributed by atoms with van der Waals surface area (Å²) in [5.74, 6) is 0.474. The molecule has 2 N–H and O–H groups in total. The normalized spacial score (nSPS) is 21.4. The second kappa shape index (κ2) is 7.41. The summed E-state index contributed by atoms with van der Waals surface area (Å²) in [4.78, 5) is 14.3. The molecule has 2 atom stereocenters. The molecule has 20 heavy (non-hydrogen) atoms. The van der Waals surface area contributed by atoms with Gasteiger partial charge in [-0.3, -0.25) is 9.69 Å². The molecule has 2 unspecified atom stereocenters. The maximum Gasteiger partial charge on any atom is 0.234 e. The van der Waals surface area contributed by atoms with Gasteiger partial charge in [-0.1, -0.05) is 37.3 Å². The third-order valence-corrected chi connectivity index (χ3v) is 3.96. The number of hydrogen-bond acceptors (Lipinski definition) is 3. The van der Waals surface area contributed by atoms with Crippen LogP contribution >= 0.6 is 0 Å². The zero-order chi connectivity index (χ0) is 14.4. The molecule has 0 saturated carbocycles. The Bertz CT molecular complexity index is 421. The van der Waals surface area contributed by atoms with Gasteiger partial charge in [0, 0.05) is 32.2 Å². The molecule has 0 aromatic heterocycles. The highest BCUT2D eigenvalue weighted by molar-refractivity contribution is 5.78. The highest BCUT2D eigenvalue weighted by atomic mass is 16.2. The van der Waals surface area contributed by atoms with Crippen LogP contribution in [0.15, 0.2) is 30.3 Å². The van der Waals surface area contributed by atoms with Crippen molar-refractivity contribution in [1.29, 1.82) is 0 Å². The predicted octanol–water partition coefficient (Wildman–Crippen LogP) is 1.20. The second-order valence-corrected chi connectivity index (χ2v) is 5.64. The van der Waals surface area contributed by atoms with E-state index in [2.05, 4.69) is 41.5 Å². The fraction of sp³-hybridized carbons (Fsp3) is 0.562. The summed E-state index contributed by atoms with van der Waals surface area (Å²) >= 11 is 0. The molecule has 0 spiro atoms. The van der Waals surface area contributed by atoms with Crippen molar-refractivity contribution in [2.45, 2.75) is 25.8 Å². The van der Waals surface area contributed by atoms with Gasteiger partial charge in [0.2, 0.25) is 5.91 Å². The van der Waals surface area contributed by atoms with Crippen LogP contribution in [-0.4, -0.2) is 49.6 Å². The Morgan fingerprint density at radius 1 is 1.45 bits per heavy atom. The molecular weight excluding hydrogens is 250 g/mol. The zero-order valence-electron chi connectivity index (χ0n) is 12.4. The molecule has 1 aliphatic heterocycles. The summed E-state index contributed by atoms with van der Waals surface area (Å²) in [6.45, 7) is 8.39. The number of rotatable bonds is 5. The maximum atomic E-state index is 12.0. The summed E-state index contributed by atoms with van der Waals surface area (Å²) in [5.41, 5.74) is 1.27. The lowest BCUT2D eigenvalue weighted by atomic mass is 10.0. The third-order valence-electron chi connectivity index (χ3n) is 3.96. The number of amides is 1. The molecule has 1 amide bonds. The minimum Gasteiger partial charge on any atom is -0.354 e. The van der Waals surface area contributed by atoms with E-state index in [4.69, 9.17) is 0 Å². The molecule has 110 valence electrons. The van der Waals surface area contributed by atoms with Crippen LogP contribution < -0.4 is 10.6 Å². The number of benzene rings is 1. The van der Waals surface area contributed by atoms with E-state index in [1.165, 1.54) is 5.56 Å². The van der Waals surface area contributed by atoms with Gasteiger partial charge >= 0.3 is 0 Å². The number of piperazine rings is 1.